The van der Waals surface area contributed by atoms with Gasteiger partial charge in [0, 0.05) is 13.2 Å². The van der Waals surface area contributed by atoms with Crippen molar-refractivity contribution in [3.05, 3.63) is 59.4 Å². The molecule has 0 N–H and O–H groups in total. The maximum Gasteiger partial charge on any atom is 0.189 e. The van der Waals surface area contributed by atoms with E-state index in [1.807, 2.05) is 6.07 Å². The topological polar surface area (TPSA) is 58.7 Å². The van der Waals surface area contributed by atoms with Crippen LogP contribution in [0.5, 0.6) is 0 Å². The van der Waals surface area contributed by atoms with Gasteiger partial charge in [0.15, 0.2) is 5.78 Å². The molecular formula is C14H11N3O. The van der Waals surface area contributed by atoms with Crippen molar-refractivity contribution in [1.29, 1.82) is 5.26 Å². The number of hydrogen-bond donors (Lipinski definition) is 0. The van der Waals surface area contributed by atoms with Gasteiger partial charge in [0.05, 0.1) is 23.4 Å². The van der Waals surface area contributed by atoms with Crippen molar-refractivity contribution < 1.29 is 4.79 Å². The Labute approximate surface area is 105 Å². The molecule has 0 saturated carbocycles. The fraction of sp³-hybridized carbons (Fsp3) is 0.0714. The maximum atomic E-state index is 11.8. The van der Waals surface area contributed by atoms with Crippen molar-refractivity contribution in [2.24, 2.45) is 7.05 Å². The van der Waals surface area contributed by atoms with Crippen LogP contribution in [0, 0.1) is 11.3 Å². The van der Waals surface area contributed by atoms with Gasteiger partial charge in [0.1, 0.15) is 0 Å². The highest BCUT2D eigenvalue weighted by atomic mass is 16.1. The molecule has 0 radical (unpaired) electrons. The van der Waals surface area contributed by atoms with E-state index in [4.69, 9.17) is 5.26 Å². The second kappa shape index (κ2) is 5.11. The Kier molecular flexibility index (Phi) is 3.35. The van der Waals surface area contributed by atoms with Gasteiger partial charge in [-0.2, -0.15) is 10.4 Å². The zero-order chi connectivity index (χ0) is 13.0. The van der Waals surface area contributed by atoms with E-state index in [9.17, 15) is 4.79 Å². The Morgan fingerprint density at radius 3 is 2.67 bits per heavy atom. The van der Waals surface area contributed by atoms with Crippen molar-refractivity contribution in [1.82, 2.24) is 9.78 Å². The monoisotopic (exact) mass is 237 g/mol. The van der Waals surface area contributed by atoms with E-state index in [2.05, 4.69) is 5.10 Å². The minimum Gasteiger partial charge on any atom is -0.289 e. The predicted octanol–water partition coefficient (Wildman–Crippen LogP) is 2.19. The number of rotatable bonds is 3. The first-order chi connectivity index (χ1) is 8.69. The average Bonchev–Trinajstić information content (AvgIpc) is 2.83. The zero-order valence-electron chi connectivity index (χ0n) is 9.87. The third-order valence-electron chi connectivity index (χ3n) is 2.46. The standard InChI is InChI=1S/C14H11N3O/c1-17-10-13(9-16-17)14(18)7-6-11-2-4-12(8-15)5-3-11/h2-7,9-10H,1H3/b7-6-. The van der Waals surface area contributed by atoms with Gasteiger partial charge >= 0.3 is 0 Å². The summed E-state index contributed by atoms with van der Waals surface area (Å²) >= 11 is 0. The summed E-state index contributed by atoms with van der Waals surface area (Å²) in [5, 5.41) is 12.6. The third-order valence-corrected chi connectivity index (χ3v) is 2.46. The Bertz CT molecular complexity index is 630. The third kappa shape index (κ3) is 2.71. The highest BCUT2D eigenvalue weighted by Crippen LogP contribution is 2.07. The first kappa shape index (κ1) is 11.8. The van der Waals surface area contributed by atoms with Crippen LogP contribution in [0.25, 0.3) is 6.08 Å². The normalized spacial score (nSPS) is 10.4. The van der Waals surface area contributed by atoms with E-state index in [-0.39, 0.29) is 5.78 Å². The number of aromatic nitrogens is 2. The molecule has 0 saturated heterocycles. The Morgan fingerprint density at radius 1 is 1.39 bits per heavy atom. The lowest BCUT2D eigenvalue weighted by Gasteiger charge is -1.93. The van der Waals surface area contributed by atoms with Crippen LogP contribution in [0.15, 0.2) is 42.7 Å². The molecule has 0 amide bonds. The molecule has 1 heterocycles. The molecule has 18 heavy (non-hydrogen) atoms. The molecule has 4 heteroatoms. The molecule has 2 rings (SSSR count). The van der Waals surface area contributed by atoms with Gasteiger partial charge in [-0.25, -0.2) is 0 Å². The molecule has 88 valence electrons. The van der Waals surface area contributed by atoms with Crippen molar-refractivity contribution >= 4 is 11.9 Å². The van der Waals surface area contributed by atoms with E-state index in [1.165, 1.54) is 12.3 Å². The molecule has 4 nitrogen and oxygen atoms in total. The number of allylic oxidation sites excluding steroid dienone is 1. The molecule has 2 aromatic rings. The zero-order valence-corrected chi connectivity index (χ0v) is 9.87. The summed E-state index contributed by atoms with van der Waals surface area (Å²) in [6, 6.07) is 9.07. The van der Waals surface area contributed by atoms with E-state index in [0.717, 1.165) is 5.56 Å². The molecule has 1 aromatic heterocycles. The van der Waals surface area contributed by atoms with Crippen molar-refractivity contribution in [2.75, 3.05) is 0 Å². The van der Waals surface area contributed by atoms with Crippen molar-refractivity contribution in [3.8, 4) is 6.07 Å². The molecule has 0 aliphatic carbocycles. The lowest BCUT2D eigenvalue weighted by Crippen LogP contribution is -1.91. The van der Waals surface area contributed by atoms with Gasteiger partial charge in [-0.15, -0.1) is 0 Å². The second-order valence-corrected chi connectivity index (χ2v) is 3.83. The molecule has 0 unspecified atom stereocenters. The lowest BCUT2D eigenvalue weighted by molar-refractivity contribution is 0.104. The molecule has 0 aliphatic rings. The van der Waals surface area contributed by atoms with Crippen LogP contribution >= 0.6 is 0 Å². The Hall–Kier alpha value is -2.67. The number of benzene rings is 1. The highest BCUT2D eigenvalue weighted by Gasteiger charge is 2.03. The maximum absolute atomic E-state index is 11.8. The second-order valence-electron chi connectivity index (χ2n) is 3.83. The number of carbonyl (C=O) groups excluding carboxylic acids is 1. The SMILES string of the molecule is Cn1cc(C(=O)/C=C\c2ccc(C#N)cc2)cn1. The number of ketones is 1. The summed E-state index contributed by atoms with van der Waals surface area (Å²) in [7, 11) is 1.76. The highest BCUT2D eigenvalue weighted by molar-refractivity contribution is 6.06. The summed E-state index contributed by atoms with van der Waals surface area (Å²) in [6.45, 7) is 0. The van der Waals surface area contributed by atoms with Crippen LogP contribution < -0.4 is 0 Å². The summed E-state index contributed by atoms with van der Waals surface area (Å²) in [4.78, 5) is 11.8. The van der Waals surface area contributed by atoms with Crippen LogP contribution in [0.2, 0.25) is 0 Å². The van der Waals surface area contributed by atoms with Gasteiger partial charge < -0.3 is 0 Å². The van der Waals surface area contributed by atoms with Crippen LogP contribution in [-0.4, -0.2) is 15.6 Å². The summed E-state index contributed by atoms with van der Waals surface area (Å²) in [5.41, 5.74) is 2.04. The fourth-order valence-electron chi connectivity index (χ4n) is 1.49. The molecule has 0 fully saturated rings. The summed E-state index contributed by atoms with van der Waals surface area (Å²) in [6.07, 6.45) is 6.42. The fourth-order valence-corrected chi connectivity index (χ4v) is 1.49. The van der Waals surface area contributed by atoms with Gasteiger partial charge in [-0.1, -0.05) is 18.2 Å². The smallest absolute Gasteiger partial charge is 0.189 e. The largest absolute Gasteiger partial charge is 0.289 e. The molecule has 0 spiro atoms. The summed E-state index contributed by atoms with van der Waals surface area (Å²) < 4.78 is 1.59. The van der Waals surface area contributed by atoms with Gasteiger partial charge in [-0.3, -0.25) is 9.48 Å². The van der Waals surface area contributed by atoms with E-state index in [0.29, 0.717) is 11.1 Å². The van der Waals surface area contributed by atoms with E-state index < -0.39 is 0 Å². The van der Waals surface area contributed by atoms with Crippen molar-refractivity contribution in [3.63, 3.8) is 0 Å². The lowest BCUT2D eigenvalue weighted by atomic mass is 10.1. The minimum absolute atomic E-state index is 0.0903. The first-order valence-corrected chi connectivity index (χ1v) is 5.40. The van der Waals surface area contributed by atoms with Crippen molar-refractivity contribution in [2.45, 2.75) is 0 Å². The molecule has 1 aromatic carbocycles. The molecular weight excluding hydrogens is 226 g/mol. The van der Waals surface area contributed by atoms with Crippen LogP contribution in [0.4, 0.5) is 0 Å². The number of hydrogen-bond acceptors (Lipinski definition) is 3. The van der Waals surface area contributed by atoms with Gasteiger partial charge in [0.2, 0.25) is 0 Å². The van der Waals surface area contributed by atoms with Crippen LogP contribution in [-0.2, 0) is 7.05 Å². The number of nitriles is 1. The quantitative estimate of drug-likeness (QED) is 0.607. The van der Waals surface area contributed by atoms with E-state index in [1.54, 1.807) is 48.3 Å². The molecule has 0 bridgehead atoms. The molecule has 0 aliphatic heterocycles. The van der Waals surface area contributed by atoms with Crippen LogP contribution in [0.3, 0.4) is 0 Å². The van der Waals surface area contributed by atoms with Gasteiger partial charge in [-0.05, 0) is 23.8 Å². The number of carbonyl (C=O) groups is 1. The number of aryl methyl sites for hydroxylation is 1. The minimum atomic E-state index is -0.0903. The summed E-state index contributed by atoms with van der Waals surface area (Å²) in [5.74, 6) is -0.0903. The Balaban J connectivity index is 2.11. The van der Waals surface area contributed by atoms with E-state index >= 15 is 0 Å². The van der Waals surface area contributed by atoms with Gasteiger partial charge in [0.25, 0.3) is 0 Å². The Morgan fingerprint density at radius 2 is 2.11 bits per heavy atom. The van der Waals surface area contributed by atoms with Crippen LogP contribution in [0.1, 0.15) is 21.5 Å². The molecule has 0 atom stereocenters. The average molecular weight is 237 g/mol. The predicted molar refractivity (Wildman–Crippen MR) is 67.7 cm³/mol. The first-order valence-electron chi connectivity index (χ1n) is 5.40. The number of nitrogens with zero attached hydrogens (tertiary/aromatic N) is 3.